The molecule has 0 aliphatic rings. The van der Waals surface area contributed by atoms with Crippen LogP contribution in [0.1, 0.15) is 19.3 Å². The van der Waals surface area contributed by atoms with Crippen molar-refractivity contribution in [2.75, 3.05) is 13.2 Å². The molecule has 50 valence electrons. The maximum atomic E-state index is 8.21. The van der Waals surface area contributed by atoms with E-state index in [-0.39, 0.29) is 34.3 Å². The number of aliphatic hydroxyl groups excluding tert-OH is 2. The van der Waals surface area contributed by atoms with Crippen LogP contribution in [-0.4, -0.2) is 23.4 Å². The Morgan fingerprint density at radius 1 is 0.750 bits per heavy atom. The molecule has 3 heteroatoms. The zero-order valence-corrected chi connectivity index (χ0v) is 7.77. The van der Waals surface area contributed by atoms with Crippen LogP contribution in [0.25, 0.3) is 0 Å². The summed E-state index contributed by atoms with van der Waals surface area (Å²) in [6.45, 7) is 0.500. The van der Waals surface area contributed by atoms with Gasteiger partial charge in [0.05, 0.1) is 0 Å². The summed E-state index contributed by atoms with van der Waals surface area (Å²) in [5.41, 5.74) is 0. The van der Waals surface area contributed by atoms with Crippen LogP contribution in [0.15, 0.2) is 0 Å². The summed E-state index contributed by atoms with van der Waals surface area (Å²) >= 11 is 0. The van der Waals surface area contributed by atoms with Gasteiger partial charge in [0.1, 0.15) is 0 Å². The monoisotopic (exact) mass is 288 g/mol. The second-order valence-corrected chi connectivity index (χ2v) is 1.51. The molecule has 0 aliphatic carbocycles. The van der Waals surface area contributed by atoms with Gasteiger partial charge in [-0.1, -0.05) is 0 Å². The molecule has 0 amide bonds. The fourth-order valence-electron chi connectivity index (χ4n) is 0.400. The molecule has 0 bridgehead atoms. The van der Waals surface area contributed by atoms with Crippen molar-refractivity contribution < 1.29 is 31.3 Å². The van der Waals surface area contributed by atoms with E-state index in [0.717, 1.165) is 19.3 Å². The molecule has 0 saturated carbocycles. The molecule has 0 radical (unpaired) electrons. The Morgan fingerprint density at radius 2 is 1.12 bits per heavy atom. The van der Waals surface area contributed by atoms with E-state index < -0.39 is 0 Å². The fraction of sp³-hybridized carbons (Fsp3) is 1.00. The third-order valence-electron chi connectivity index (χ3n) is 0.816. The fourth-order valence-corrected chi connectivity index (χ4v) is 0.400. The average molecular weight is 288 g/mol. The summed E-state index contributed by atoms with van der Waals surface area (Å²) in [5.74, 6) is 0. The Balaban J connectivity index is 0. The molecule has 0 aromatic rings. The van der Waals surface area contributed by atoms with Gasteiger partial charge >= 0.3 is 0 Å². The predicted molar refractivity (Wildman–Crippen MR) is 28.0 cm³/mol. The maximum Gasteiger partial charge on any atom is 0.0431 e. The van der Waals surface area contributed by atoms with E-state index in [1.54, 1.807) is 0 Å². The third kappa shape index (κ3) is 9.79. The first kappa shape index (κ1) is 11.4. The van der Waals surface area contributed by atoms with E-state index in [0.29, 0.717) is 0 Å². The molecule has 2 N–H and O–H groups in total. The number of hydrogen-bond donors (Lipinski definition) is 2. The van der Waals surface area contributed by atoms with Gasteiger partial charge in [-0.05, 0) is 19.3 Å². The quantitative estimate of drug-likeness (QED) is 0.722. The minimum absolute atomic E-state index is 0. The van der Waals surface area contributed by atoms with Crippen molar-refractivity contribution in [1.82, 2.24) is 0 Å². The molecule has 0 rings (SSSR count). The summed E-state index contributed by atoms with van der Waals surface area (Å²) in [7, 11) is 0. The minimum Gasteiger partial charge on any atom is -0.396 e. The molecule has 0 aliphatic heterocycles. The predicted octanol–water partition coefficient (Wildman–Crippen LogP) is 0.139. The Kier molecular flexibility index (Phi) is 15.1. The maximum absolute atomic E-state index is 8.21. The van der Waals surface area contributed by atoms with Crippen LogP contribution in [-0.2, 0) is 21.1 Å². The van der Waals surface area contributed by atoms with E-state index in [9.17, 15) is 0 Å². The van der Waals surface area contributed by atoms with Gasteiger partial charge in [0, 0.05) is 34.3 Å². The van der Waals surface area contributed by atoms with Gasteiger partial charge in [-0.2, -0.15) is 0 Å². The van der Waals surface area contributed by atoms with Crippen molar-refractivity contribution in [3.8, 4) is 0 Å². The molecule has 0 unspecified atom stereocenters. The largest absolute Gasteiger partial charge is 0.396 e. The molecule has 0 fully saturated rings. The van der Waals surface area contributed by atoms with Crippen molar-refractivity contribution in [3.05, 3.63) is 0 Å². The summed E-state index contributed by atoms with van der Waals surface area (Å²) in [5, 5.41) is 16.4. The minimum atomic E-state index is 0. The second kappa shape index (κ2) is 10.6. The molecule has 0 aromatic heterocycles. The molecule has 2 nitrogen and oxygen atoms in total. The van der Waals surface area contributed by atoms with Crippen molar-refractivity contribution >= 4 is 0 Å². The van der Waals surface area contributed by atoms with Crippen LogP contribution in [0.3, 0.4) is 0 Å². The number of hydrogen-bond acceptors (Lipinski definition) is 2. The Bertz CT molecular complexity index is 29.6. The van der Waals surface area contributed by atoms with E-state index >= 15 is 0 Å². The number of aliphatic hydroxyl groups is 2. The van der Waals surface area contributed by atoms with Gasteiger partial charge in [-0.3, -0.25) is 0 Å². The Hall–Kier alpha value is 0.608. The zero-order chi connectivity index (χ0) is 5.54. The number of unbranched alkanes of at least 4 members (excludes halogenated alkanes) is 2. The van der Waals surface area contributed by atoms with Gasteiger partial charge in [-0.15, -0.1) is 0 Å². The van der Waals surface area contributed by atoms with Crippen LogP contribution in [0, 0.1) is 0 Å². The molecule has 0 atom stereocenters. The van der Waals surface area contributed by atoms with Gasteiger partial charge in [0.2, 0.25) is 0 Å². The molecule has 0 spiro atoms. The summed E-state index contributed by atoms with van der Waals surface area (Å²) in [4.78, 5) is 0. The van der Waals surface area contributed by atoms with Crippen LogP contribution in [0.5, 0.6) is 0 Å². The molecule has 0 aromatic carbocycles. The first-order valence-electron chi connectivity index (χ1n) is 2.63. The summed E-state index contributed by atoms with van der Waals surface area (Å²) in [6.07, 6.45) is 2.58. The average Bonchev–Trinajstić information content (AvgIpc) is 1.69. The van der Waals surface area contributed by atoms with E-state index in [1.807, 2.05) is 0 Å². The summed E-state index contributed by atoms with van der Waals surface area (Å²) in [6, 6.07) is 0. The first-order valence-corrected chi connectivity index (χ1v) is 2.63. The van der Waals surface area contributed by atoms with Gasteiger partial charge in [-0.25, -0.2) is 0 Å². The molecular weight excluding hydrogens is 276 g/mol. The van der Waals surface area contributed by atoms with Crippen LogP contribution in [0.2, 0.25) is 0 Å². The second-order valence-electron chi connectivity index (χ2n) is 1.51. The molecular formula is C5H12O2W. The van der Waals surface area contributed by atoms with Crippen molar-refractivity contribution in [2.45, 2.75) is 19.3 Å². The van der Waals surface area contributed by atoms with Crippen LogP contribution >= 0.6 is 0 Å². The molecule has 0 heterocycles. The summed E-state index contributed by atoms with van der Waals surface area (Å²) < 4.78 is 0. The topological polar surface area (TPSA) is 40.5 Å². The van der Waals surface area contributed by atoms with Gasteiger partial charge < -0.3 is 10.2 Å². The van der Waals surface area contributed by atoms with E-state index in [4.69, 9.17) is 10.2 Å². The van der Waals surface area contributed by atoms with Gasteiger partial charge in [0.25, 0.3) is 0 Å². The smallest absolute Gasteiger partial charge is 0.0431 e. The third-order valence-corrected chi connectivity index (χ3v) is 0.816. The van der Waals surface area contributed by atoms with Crippen molar-refractivity contribution in [2.24, 2.45) is 0 Å². The zero-order valence-electron chi connectivity index (χ0n) is 4.84. The van der Waals surface area contributed by atoms with Crippen LogP contribution < -0.4 is 0 Å². The molecule has 0 saturated heterocycles. The van der Waals surface area contributed by atoms with Crippen LogP contribution in [0.4, 0.5) is 0 Å². The van der Waals surface area contributed by atoms with Crippen molar-refractivity contribution in [3.63, 3.8) is 0 Å². The van der Waals surface area contributed by atoms with E-state index in [2.05, 4.69) is 0 Å². The first-order chi connectivity index (χ1) is 3.41. The normalized spacial score (nSPS) is 8.25. The Morgan fingerprint density at radius 3 is 1.38 bits per heavy atom. The SMILES string of the molecule is OCCCCCO.[W]. The Labute approximate surface area is 64.2 Å². The van der Waals surface area contributed by atoms with Crippen molar-refractivity contribution in [1.29, 1.82) is 0 Å². The number of rotatable bonds is 4. The standard InChI is InChI=1S/C5H12O2.W/c6-4-2-1-3-5-7;/h6-7H,1-5H2;. The van der Waals surface area contributed by atoms with Gasteiger partial charge in [0.15, 0.2) is 0 Å². The molecule has 8 heavy (non-hydrogen) atoms. The van der Waals surface area contributed by atoms with E-state index in [1.165, 1.54) is 0 Å².